The summed E-state index contributed by atoms with van der Waals surface area (Å²) in [5, 5.41) is 0. The minimum Gasteiger partial charge on any atom is -0.497 e. The van der Waals surface area contributed by atoms with Gasteiger partial charge in [-0.25, -0.2) is 4.98 Å². The van der Waals surface area contributed by atoms with Gasteiger partial charge in [0, 0.05) is 43.6 Å². The molecule has 0 saturated carbocycles. The number of para-hydroxylation sites is 1. The van der Waals surface area contributed by atoms with Crippen molar-refractivity contribution in [3.8, 4) is 11.4 Å². The third-order valence-corrected chi connectivity index (χ3v) is 4.88. The fourth-order valence-corrected chi connectivity index (χ4v) is 3.38. The zero-order valence-electron chi connectivity index (χ0n) is 15.3. The summed E-state index contributed by atoms with van der Waals surface area (Å²) in [7, 11) is 1.67. The van der Waals surface area contributed by atoms with Gasteiger partial charge >= 0.3 is 0 Å². The molecular weight excluding hydrogens is 340 g/mol. The van der Waals surface area contributed by atoms with Gasteiger partial charge in [-0.2, -0.15) is 0 Å². The van der Waals surface area contributed by atoms with E-state index in [-0.39, 0.29) is 5.91 Å². The Balaban J connectivity index is 1.46. The van der Waals surface area contributed by atoms with Gasteiger partial charge in [0.05, 0.1) is 19.6 Å². The highest BCUT2D eigenvalue weighted by atomic mass is 16.5. The zero-order chi connectivity index (χ0) is 18.6. The lowest BCUT2D eigenvalue weighted by Gasteiger charge is -2.36. The fraction of sp³-hybridized carbons (Fsp3) is 0.238. The van der Waals surface area contributed by atoms with Crippen molar-refractivity contribution >= 4 is 11.6 Å². The summed E-state index contributed by atoms with van der Waals surface area (Å²) in [6.07, 6.45) is 3.33. The van der Waals surface area contributed by atoms with Crippen LogP contribution in [0.5, 0.6) is 5.75 Å². The van der Waals surface area contributed by atoms with Crippen LogP contribution >= 0.6 is 0 Å². The van der Waals surface area contributed by atoms with E-state index >= 15 is 0 Å². The molecule has 2 aromatic carbocycles. The molecule has 2 heterocycles. The van der Waals surface area contributed by atoms with Gasteiger partial charge in [-0.15, -0.1) is 0 Å². The van der Waals surface area contributed by atoms with Crippen LogP contribution in [-0.2, 0) is 0 Å². The molecule has 1 saturated heterocycles. The summed E-state index contributed by atoms with van der Waals surface area (Å²) in [5.41, 5.74) is 2.65. The number of carbonyl (C=O) groups is 1. The Morgan fingerprint density at radius 3 is 2.44 bits per heavy atom. The van der Waals surface area contributed by atoms with Crippen LogP contribution in [0.1, 0.15) is 10.5 Å². The predicted octanol–water partition coefficient (Wildman–Crippen LogP) is 2.84. The van der Waals surface area contributed by atoms with Gasteiger partial charge in [0.25, 0.3) is 5.91 Å². The molecule has 0 unspecified atom stereocenters. The third kappa shape index (κ3) is 3.51. The van der Waals surface area contributed by atoms with E-state index in [0.717, 1.165) is 30.2 Å². The maximum absolute atomic E-state index is 13.0. The molecule has 0 N–H and O–H groups in total. The molecule has 6 nitrogen and oxygen atoms in total. The first-order valence-corrected chi connectivity index (χ1v) is 9.02. The Morgan fingerprint density at radius 2 is 1.70 bits per heavy atom. The average molecular weight is 362 g/mol. The SMILES string of the molecule is COc1cccc(N2CCN(C(=O)c3cncn3-c3ccccc3)CC2)c1. The van der Waals surface area contributed by atoms with Gasteiger partial charge in [0.1, 0.15) is 11.4 Å². The molecule has 1 amide bonds. The van der Waals surface area contributed by atoms with Crippen molar-refractivity contribution in [2.45, 2.75) is 0 Å². The van der Waals surface area contributed by atoms with Crippen LogP contribution in [0.15, 0.2) is 67.1 Å². The van der Waals surface area contributed by atoms with Crippen molar-refractivity contribution < 1.29 is 9.53 Å². The Kier molecular flexibility index (Phi) is 4.78. The number of amides is 1. The van der Waals surface area contributed by atoms with Gasteiger partial charge in [-0.3, -0.25) is 9.36 Å². The third-order valence-electron chi connectivity index (χ3n) is 4.88. The Bertz CT molecular complexity index is 915. The predicted molar refractivity (Wildman–Crippen MR) is 105 cm³/mol. The minimum atomic E-state index is 0.0154. The maximum Gasteiger partial charge on any atom is 0.272 e. The fourth-order valence-electron chi connectivity index (χ4n) is 3.38. The van der Waals surface area contributed by atoms with Crippen LogP contribution in [0.4, 0.5) is 5.69 Å². The molecule has 1 fully saturated rings. The van der Waals surface area contributed by atoms with E-state index in [1.807, 2.05) is 58.0 Å². The summed E-state index contributed by atoms with van der Waals surface area (Å²) < 4.78 is 7.15. The number of hydrogen-bond donors (Lipinski definition) is 0. The largest absolute Gasteiger partial charge is 0.497 e. The number of piperazine rings is 1. The number of nitrogens with zero attached hydrogens (tertiary/aromatic N) is 4. The lowest BCUT2D eigenvalue weighted by molar-refractivity contribution is 0.0738. The van der Waals surface area contributed by atoms with E-state index in [2.05, 4.69) is 16.0 Å². The first kappa shape index (κ1) is 17.1. The highest BCUT2D eigenvalue weighted by Gasteiger charge is 2.25. The molecule has 27 heavy (non-hydrogen) atoms. The second-order valence-corrected chi connectivity index (χ2v) is 6.47. The maximum atomic E-state index is 13.0. The molecule has 0 radical (unpaired) electrons. The molecule has 1 aliphatic heterocycles. The van der Waals surface area contributed by atoms with E-state index in [1.165, 1.54) is 0 Å². The quantitative estimate of drug-likeness (QED) is 0.716. The second kappa shape index (κ2) is 7.53. The van der Waals surface area contributed by atoms with Gasteiger partial charge < -0.3 is 14.5 Å². The van der Waals surface area contributed by atoms with Crippen molar-refractivity contribution in [2.24, 2.45) is 0 Å². The first-order chi connectivity index (χ1) is 13.3. The van der Waals surface area contributed by atoms with E-state index in [1.54, 1.807) is 19.6 Å². The summed E-state index contributed by atoms with van der Waals surface area (Å²) in [4.78, 5) is 21.4. The van der Waals surface area contributed by atoms with Crippen LogP contribution in [0.3, 0.4) is 0 Å². The van der Waals surface area contributed by atoms with Crippen molar-refractivity contribution in [1.82, 2.24) is 14.5 Å². The highest BCUT2D eigenvalue weighted by Crippen LogP contribution is 2.22. The number of aromatic nitrogens is 2. The summed E-state index contributed by atoms with van der Waals surface area (Å²) in [6.45, 7) is 2.93. The molecule has 1 aromatic heterocycles. The van der Waals surface area contributed by atoms with Crippen molar-refractivity contribution in [3.63, 3.8) is 0 Å². The van der Waals surface area contributed by atoms with Gasteiger partial charge in [-0.05, 0) is 24.3 Å². The molecule has 0 bridgehead atoms. The number of carbonyl (C=O) groups excluding carboxylic acids is 1. The number of rotatable bonds is 4. The number of methoxy groups -OCH3 is 1. The minimum absolute atomic E-state index is 0.0154. The summed E-state index contributed by atoms with van der Waals surface area (Å²) >= 11 is 0. The van der Waals surface area contributed by atoms with Crippen molar-refractivity contribution in [2.75, 3.05) is 38.2 Å². The highest BCUT2D eigenvalue weighted by molar-refractivity contribution is 5.93. The van der Waals surface area contributed by atoms with Crippen LogP contribution in [-0.4, -0.2) is 53.6 Å². The Labute approximate surface area is 158 Å². The molecule has 3 aromatic rings. The topological polar surface area (TPSA) is 50.6 Å². The number of ether oxygens (including phenoxy) is 1. The first-order valence-electron chi connectivity index (χ1n) is 9.02. The lowest BCUT2D eigenvalue weighted by atomic mass is 10.2. The van der Waals surface area contributed by atoms with E-state index in [0.29, 0.717) is 18.8 Å². The number of anilines is 1. The van der Waals surface area contributed by atoms with Gasteiger partial charge in [0.2, 0.25) is 0 Å². The van der Waals surface area contributed by atoms with E-state index in [9.17, 15) is 4.79 Å². The lowest BCUT2D eigenvalue weighted by Crippen LogP contribution is -2.49. The van der Waals surface area contributed by atoms with Crippen molar-refractivity contribution in [1.29, 1.82) is 0 Å². The normalized spacial score (nSPS) is 14.3. The molecule has 138 valence electrons. The van der Waals surface area contributed by atoms with E-state index < -0.39 is 0 Å². The second-order valence-electron chi connectivity index (χ2n) is 6.47. The van der Waals surface area contributed by atoms with Crippen LogP contribution in [0.2, 0.25) is 0 Å². The standard InChI is InChI=1S/C21H22N4O2/c1-27-19-9-5-8-18(14-19)23-10-12-24(13-11-23)21(26)20-15-22-16-25(20)17-6-3-2-4-7-17/h2-9,14-16H,10-13H2,1H3. The molecule has 0 spiro atoms. The number of benzene rings is 2. The smallest absolute Gasteiger partial charge is 0.272 e. The van der Waals surface area contributed by atoms with Gasteiger partial charge in [0.15, 0.2) is 0 Å². The Morgan fingerprint density at radius 1 is 0.963 bits per heavy atom. The Hall–Kier alpha value is -3.28. The van der Waals surface area contributed by atoms with Crippen LogP contribution in [0.25, 0.3) is 5.69 Å². The molecular formula is C21H22N4O2. The molecule has 1 aliphatic rings. The number of hydrogen-bond acceptors (Lipinski definition) is 4. The van der Waals surface area contributed by atoms with Crippen molar-refractivity contribution in [3.05, 3.63) is 72.8 Å². The number of imidazole rings is 1. The monoisotopic (exact) mass is 362 g/mol. The van der Waals surface area contributed by atoms with Gasteiger partial charge in [-0.1, -0.05) is 24.3 Å². The zero-order valence-corrected chi connectivity index (χ0v) is 15.3. The van der Waals surface area contributed by atoms with Crippen LogP contribution in [0, 0.1) is 0 Å². The summed E-state index contributed by atoms with van der Waals surface area (Å²) in [6, 6.07) is 17.8. The molecule has 4 rings (SSSR count). The van der Waals surface area contributed by atoms with Crippen LogP contribution < -0.4 is 9.64 Å². The molecule has 0 aliphatic carbocycles. The molecule has 6 heteroatoms. The average Bonchev–Trinajstić information content (AvgIpc) is 3.24. The summed E-state index contributed by atoms with van der Waals surface area (Å²) in [5.74, 6) is 0.861. The van der Waals surface area contributed by atoms with E-state index in [4.69, 9.17) is 4.74 Å². The molecule has 0 atom stereocenters.